The average Bonchev–Trinajstić information content (AvgIpc) is 2.94. The minimum Gasteiger partial charge on any atom is -0.486 e. The monoisotopic (exact) mass is 363 g/mol. The summed E-state index contributed by atoms with van der Waals surface area (Å²) in [6.07, 6.45) is 0. The van der Waals surface area contributed by atoms with Gasteiger partial charge in [0.2, 0.25) is 0 Å². The van der Waals surface area contributed by atoms with Crippen molar-refractivity contribution < 1.29 is 9.13 Å². The van der Waals surface area contributed by atoms with Gasteiger partial charge in [-0.05, 0) is 24.3 Å². The fourth-order valence-corrected chi connectivity index (χ4v) is 3.34. The Balaban J connectivity index is 1.64. The van der Waals surface area contributed by atoms with Gasteiger partial charge >= 0.3 is 0 Å². The van der Waals surface area contributed by atoms with Gasteiger partial charge in [0, 0.05) is 23.4 Å². The highest BCUT2D eigenvalue weighted by molar-refractivity contribution is 7.98. The highest BCUT2D eigenvalue weighted by Crippen LogP contribution is 2.27. The van der Waals surface area contributed by atoms with Crippen LogP contribution in [-0.4, -0.2) is 14.8 Å². The van der Waals surface area contributed by atoms with E-state index in [-0.39, 0.29) is 5.82 Å². The minimum atomic E-state index is -0.315. The fraction of sp³-hybridized carbons (Fsp3) is 0.176. The van der Waals surface area contributed by atoms with Crippen LogP contribution in [0.3, 0.4) is 0 Å². The van der Waals surface area contributed by atoms with Crippen LogP contribution in [0.5, 0.6) is 5.75 Å². The molecular weight excluding hydrogens is 349 g/mol. The Bertz CT molecular complexity index is 806. The Kier molecular flexibility index (Phi) is 5.37. The van der Waals surface area contributed by atoms with E-state index in [1.54, 1.807) is 12.1 Å². The molecule has 3 aromatic rings. The summed E-state index contributed by atoms with van der Waals surface area (Å²) >= 11 is 7.42. The lowest BCUT2D eigenvalue weighted by Crippen LogP contribution is -2.04. The van der Waals surface area contributed by atoms with E-state index in [1.807, 2.05) is 41.9 Å². The molecule has 0 spiro atoms. The summed E-state index contributed by atoms with van der Waals surface area (Å²) in [5.41, 5.74) is 0.467. The number of halogens is 2. The molecule has 24 heavy (non-hydrogen) atoms. The lowest BCUT2D eigenvalue weighted by Gasteiger charge is -2.07. The van der Waals surface area contributed by atoms with Crippen LogP contribution >= 0.6 is 23.4 Å². The van der Waals surface area contributed by atoms with Crippen molar-refractivity contribution >= 4 is 23.4 Å². The number of hydrogen-bond donors (Lipinski definition) is 0. The Labute approximate surface area is 148 Å². The maximum atomic E-state index is 13.8. The third-order valence-corrected chi connectivity index (χ3v) is 4.84. The second kappa shape index (κ2) is 7.68. The van der Waals surface area contributed by atoms with E-state index >= 15 is 0 Å². The third kappa shape index (κ3) is 3.88. The van der Waals surface area contributed by atoms with Crippen molar-refractivity contribution in [2.75, 3.05) is 0 Å². The Morgan fingerprint density at radius 1 is 1.12 bits per heavy atom. The Hall–Kier alpha value is -2.05. The van der Waals surface area contributed by atoms with Crippen LogP contribution in [-0.2, 0) is 19.4 Å². The van der Waals surface area contributed by atoms with Crippen molar-refractivity contribution in [1.82, 2.24) is 14.8 Å². The summed E-state index contributed by atoms with van der Waals surface area (Å²) in [7, 11) is 1.86. The van der Waals surface area contributed by atoms with E-state index in [4.69, 9.17) is 16.3 Å². The first-order chi connectivity index (χ1) is 11.6. The van der Waals surface area contributed by atoms with E-state index in [0.717, 1.165) is 5.75 Å². The number of nitrogens with zero attached hydrogens (tertiary/aromatic N) is 3. The zero-order chi connectivity index (χ0) is 16.9. The number of hydrogen-bond acceptors (Lipinski definition) is 4. The summed E-state index contributed by atoms with van der Waals surface area (Å²) < 4.78 is 21.3. The van der Waals surface area contributed by atoms with Gasteiger partial charge in [0.05, 0.1) is 0 Å². The molecule has 0 fully saturated rings. The van der Waals surface area contributed by atoms with Gasteiger partial charge in [0.15, 0.2) is 11.0 Å². The van der Waals surface area contributed by atoms with Crippen molar-refractivity contribution in [1.29, 1.82) is 0 Å². The lowest BCUT2D eigenvalue weighted by molar-refractivity contribution is 0.290. The maximum absolute atomic E-state index is 13.8. The Morgan fingerprint density at radius 2 is 1.92 bits per heavy atom. The predicted octanol–water partition coefficient (Wildman–Crippen LogP) is 4.48. The van der Waals surface area contributed by atoms with Crippen LogP contribution < -0.4 is 4.74 Å². The molecular formula is C17H15ClFN3OS. The maximum Gasteiger partial charge on any atom is 0.191 e. The van der Waals surface area contributed by atoms with E-state index in [1.165, 1.54) is 17.8 Å². The molecule has 0 aliphatic rings. The number of rotatable bonds is 6. The molecule has 7 heteroatoms. The van der Waals surface area contributed by atoms with Crippen LogP contribution in [0.25, 0.3) is 0 Å². The van der Waals surface area contributed by atoms with Crippen molar-refractivity contribution in [3.05, 3.63) is 70.8 Å². The topological polar surface area (TPSA) is 39.9 Å². The molecule has 0 aliphatic carbocycles. The van der Waals surface area contributed by atoms with Gasteiger partial charge < -0.3 is 9.30 Å². The number of para-hydroxylation sites is 1. The van der Waals surface area contributed by atoms with E-state index < -0.39 is 0 Å². The molecule has 0 bridgehead atoms. The second-order valence-electron chi connectivity index (χ2n) is 5.05. The molecule has 0 saturated heterocycles. The normalized spacial score (nSPS) is 10.8. The summed E-state index contributed by atoms with van der Waals surface area (Å²) in [6.45, 7) is 0.314. The van der Waals surface area contributed by atoms with E-state index in [9.17, 15) is 4.39 Å². The smallest absolute Gasteiger partial charge is 0.191 e. The molecule has 2 aromatic carbocycles. The molecule has 1 heterocycles. The molecule has 0 aliphatic heterocycles. The first kappa shape index (κ1) is 16.8. The quantitative estimate of drug-likeness (QED) is 0.605. The summed E-state index contributed by atoms with van der Waals surface area (Å²) in [5, 5.41) is 9.36. The molecule has 124 valence electrons. The minimum absolute atomic E-state index is 0.314. The summed E-state index contributed by atoms with van der Waals surface area (Å²) in [6, 6.07) is 14.2. The standard InChI is InChI=1S/C17H15ClFN3OS/c1-22-16(10-23-12-6-3-2-4-7-12)20-21-17(22)24-11-13-14(18)8-5-9-15(13)19/h2-9H,10-11H2,1H3. The Morgan fingerprint density at radius 3 is 2.67 bits per heavy atom. The van der Waals surface area contributed by atoms with Gasteiger partial charge in [-0.2, -0.15) is 0 Å². The van der Waals surface area contributed by atoms with Crippen LogP contribution in [0.2, 0.25) is 5.02 Å². The van der Waals surface area contributed by atoms with Crippen LogP contribution in [0, 0.1) is 5.82 Å². The van der Waals surface area contributed by atoms with Gasteiger partial charge in [0.25, 0.3) is 0 Å². The average molecular weight is 364 g/mol. The molecule has 0 unspecified atom stereocenters. The largest absolute Gasteiger partial charge is 0.486 e. The number of aromatic nitrogens is 3. The first-order valence-corrected chi connectivity index (χ1v) is 8.63. The van der Waals surface area contributed by atoms with Crippen molar-refractivity contribution in [3.63, 3.8) is 0 Å². The van der Waals surface area contributed by atoms with Gasteiger partial charge in [-0.1, -0.05) is 47.6 Å². The highest BCUT2D eigenvalue weighted by atomic mass is 35.5. The van der Waals surface area contributed by atoms with Crippen molar-refractivity contribution in [2.45, 2.75) is 17.5 Å². The van der Waals surface area contributed by atoms with Crippen LogP contribution in [0.4, 0.5) is 4.39 Å². The molecule has 0 atom stereocenters. The van der Waals surface area contributed by atoms with Crippen molar-refractivity contribution in [3.8, 4) is 5.75 Å². The van der Waals surface area contributed by atoms with Crippen molar-refractivity contribution in [2.24, 2.45) is 7.05 Å². The molecule has 0 amide bonds. The van der Waals surface area contributed by atoms with Crippen LogP contribution in [0.1, 0.15) is 11.4 Å². The van der Waals surface area contributed by atoms with Crippen LogP contribution in [0.15, 0.2) is 53.7 Å². The zero-order valence-electron chi connectivity index (χ0n) is 12.9. The van der Waals surface area contributed by atoms with Gasteiger partial charge in [-0.3, -0.25) is 0 Å². The molecule has 3 rings (SSSR count). The first-order valence-electron chi connectivity index (χ1n) is 7.27. The lowest BCUT2D eigenvalue weighted by atomic mass is 10.2. The molecule has 1 aromatic heterocycles. The van der Waals surface area contributed by atoms with E-state index in [2.05, 4.69) is 10.2 Å². The number of benzene rings is 2. The molecule has 0 N–H and O–H groups in total. The SMILES string of the molecule is Cn1c(COc2ccccc2)nnc1SCc1c(F)cccc1Cl. The summed E-state index contributed by atoms with van der Waals surface area (Å²) in [5.74, 6) is 1.54. The van der Waals surface area contributed by atoms with Gasteiger partial charge in [0.1, 0.15) is 18.2 Å². The van der Waals surface area contributed by atoms with Gasteiger partial charge in [-0.15, -0.1) is 10.2 Å². The third-order valence-electron chi connectivity index (χ3n) is 3.44. The fourth-order valence-electron chi connectivity index (χ4n) is 2.07. The second-order valence-corrected chi connectivity index (χ2v) is 6.40. The molecule has 0 radical (unpaired) electrons. The predicted molar refractivity (Wildman–Crippen MR) is 92.7 cm³/mol. The summed E-state index contributed by atoms with van der Waals surface area (Å²) in [4.78, 5) is 0. The number of thioether (sulfide) groups is 1. The molecule has 4 nitrogen and oxygen atoms in total. The molecule has 0 saturated carbocycles. The van der Waals surface area contributed by atoms with E-state index in [0.29, 0.717) is 33.9 Å². The zero-order valence-corrected chi connectivity index (χ0v) is 14.5. The highest BCUT2D eigenvalue weighted by Gasteiger charge is 2.13. The van der Waals surface area contributed by atoms with Gasteiger partial charge in [-0.25, -0.2) is 4.39 Å². The number of ether oxygens (including phenoxy) is 1.